The summed E-state index contributed by atoms with van der Waals surface area (Å²) in [7, 11) is 1.90. The number of likely N-dealkylation sites (N-methyl/N-ethyl adjacent to an activating group) is 1. The average Bonchev–Trinajstić information content (AvgIpc) is 3.08. The lowest BCUT2D eigenvalue weighted by atomic mass is 10.1. The molecule has 0 amide bonds. The Hall–Kier alpha value is -3.45. The Labute approximate surface area is 156 Å². The number of ether oxygens (including phenoxy) is 1. The Kier molecular flexibility index (Phi) is 4.67. The zero-order valence-electron chi connectivity index (χ0n) is 15.0. The summed E-state index contributed by atoms with van der Waals surface area (Å²) in [4.78, 5) is 8.50. The van der Waals surface area contributed by atoms with Gasteiger partial charge in [-0.05, 0) is 43.4 Å². The van der Waals surface area contributed by atoms with Crippen molar-refractivity contribution in [1.82, 2.24) is 25.1 Å². The zero-order chi connectivity index (χ0) is 18.6. The second-order valence-corrected chi connectivity index (χ2v) is 6.07. The predicted molar refractivity (Wildman–Crippen MR) is 106 cm³/mol. The van der Waals surface area contributed by atoms with Gasteiger partial charge in [-0.3, -0.25) is 0 Å². The summed E-state index contributed by atoms with van der Waals surface area (Å²) >= 11 is 0. The highest BCUT2D eigenvalue weighted by molar-refractivity contribution is 5.98. The van der Waals surface area contributed by atoms with Crippen LogP contribution >= 0.6 is 0 Å². The Morgan fingerprint density at radius 1 is 1.00 bits per heavy atom. The Balaban J connectivity index is 1.69. The maximum atomic E-state index is 6.12. The van der Waals surface area contributed by atoms with E-state index < -0.39 is 0 Å². The van der Waals surface area contributed by atoms with Gasteiger partial charge in [-0.1, -0.05) is 18.2 Å². The molecule has 0 radical (unpaired) electrons. The molecule has 7 nitrogen and oxygen atoms in total. The fraction of sp³-hybridized carbons (Fsp3) is 0.150. The number of nitrogens with one attached hydrogen (secondary N) is 1. The van der Waals surface area contributed by atoms with Crippen LogP contribution in [0.15, 0.2) is 60.9 Å². The van der Waals surface area contributed by atoms with E-state index >= 15 is 0 Å². The molecule has 0 bridgehead atoms. The van der Waals surface area contributed by atoms with Crippen LogP contribution in [0.2, 0.25) is 0 Å². The van der Waals surface area contributed by atoms with Crippen molar-refractivity contribution in [2.24, 2.45) is 0 Å². The molecule has 0 fully saturated rings. The third-order valence-electron chi connectivity index (χ3n) is 4.24. The van der Waals surface area contributed by atoms with E-state index in [1.54, 1.807) is 0 Å². The van der Waals surface area contributed by atoms with Crippen LogP contribution in [0.5, 0.6) is 11.5 Å². The monoisotopic (exact) mass is 360 g/mol. The quantitative estimate of drug-likeness (QED) is 0.549. The Morgan fingerprint density at radius 2 is 1.74 bits per heavy atom. The molecule has 3 N–H and O–H groups in total. The van der Waals surface area contributed by atoms with Crippen LogP contribution in [-0.4, -0.2) is 33.3 Å². The van der Waals surface area contributed by atoms with Gasteiger partial charge in [-0.25, -0.2) is 14.6 Å². The number of nitrogen functional groups attached to an aromatic ring is 1. The predicted octanol–water partition coefficient (Wildman–Crippen LogP) is 3.09. The van der Waals surface area contributed by atoms with Crippen molar-refractivity contribution in [3.05, 3.63) is 60.9 Å². The zero-order valence-corrected chi connectivity index (χ0v) is 15.0. The van der Waals surface area contributed by atoms with Gasteiger partial charge in [0.15, 0.2) is 5.65 Å². The van der Waals surface area contributed by atoms with Crippen molar-refractivity contribution in [3.63, 3.8) is 0 Å². The maximum absolute atomic E-state index is 6.12. The second kappa shape index (κ2) is 7.43. The number of hydrogen-bond donors (Lipinski definition) is 2. The highest BCUT2D eigenvalue weighted by atomic mass is 16.5. The number of nitrogens with two attached hydrogens (primary N) is 1. The summed E-state index contributed by atoms with van der Waals surface area (Å²) in [5, 5.41) is 8.62. The molecule has 0 atom stereocenters. The lowest BCUT2D eigenvalue weighted by molar-refractivity contribution is 0.483. The first-order valence-electron chi connectivity index (χ1n) is 8.71. The van der Waals surface area contributed by atoms with Gasteiger partial charge < -0.3 is 15.8 Å². The minimum absolute atomic E-state index is 0.426. The van der Waals surface area contributed by atoms with Gasteiger partial charge in [0.1, 0.15) is 29.3 Å². The first-order chi connectivity index (χ1) is 13.3. The Bertz CT molecular complexity index is 1040. The molecule has 0 aliphatic heterocycles. The van der Waals surface area contributed by atoms with Gasteiger partial charge >= 0.3 is 0 Å². The molecule has 7 heteroatoms. The summed E-state index contributed by atoms with van der Waals surface area (Å²) in [5.74, 6) is 1.98. The molecule has 2 heterocycles. The number of aromatic nitrogens is 4. The molecule has 136 valence electrons. The molecule has 4 rings (SSSR count). The average molecular weight is 360 g/mol. The lowest BCUT2D eigenvalue weighted by Gasteiger charge is -2.06. The molecule has 2 aromatic heterocycles. The van der Waals surface area contributed by atoms with Crippen molar-refractivity contribution in [2.45, 2.75) is 6.54 Å². The Morgan fingerprint density at radius 3 is 2.48 bits per heavy atom. The largest absolute Gasteiger partial charge is 0.457 e. The van der Waals surface area contributed by atoms with Crippen LogP contribution in [-0.2, 0) is 6.54 Å². The summed E-state index contributed by atoms with van der Waals surface area (Å²) in [5.41, 5.74) is 8.56. The fourth-order valence-corrected chi connectivity index (χ4v) is 2.91. The van der Waals surface area contributed by atoms with E-state index in [1.165, 1.54) is 6.33 Å². The molecule has 27 heavy (non-hydrogen) atoms. The number of para-hydroxylation sites is 1. The molecular weight excluding hydrogens is 340 g/mol. The number of hydrogen-bond acceptors (Lipinski definition) is 6. The number of fused-ring (bicyclic) bond motifs is 1. The van der Waals surface area contributed by atoms with E-state index in [-0.39, 0.29) is 0 Å². The van der Waals surface area contributed by atoms with Crippen molar-refractivity contribution >= 4 is 16.9 Å². The fourth-order valence-electron chi connectivity index (χ4n) is 2.91. The normalized spacial score (nSPS) is 11.0. The second-order valence-electron chi connectivity index (χ2n) is 6.07. The van der Waals surface area contributed by atoms with E-state index in [0.29, 0.717) is 12.4 Å². The van der Waals surface area contributed by atoms with Crippen molar-refractivity contribution in [2.75, 3.05) is 19.3 Å². The smallest absolute Gasteiger partial charge is 0.164 e. The first-order valence-corrected chi connectivity index (χ1v) is 8.71. The van der Waals surface area contributed by atoms with E-state index in [9.17, 15) is 0 Å². The summed E-state index contributed by atoms with van der Waals surface area (Å²) in [6.45, 7) is 1.47. The summed E-state index contributed by atoms with van der Waals surface area (Å²) in [6.07, 6.45) is 1.47. The molecule has 0 aliphatic rings. The summed E-state index contributed by atoms with van der Waals surface area (Å²) in [6, 6.07) is 17.4. The lowest BCUT2D eigenvalue weighted by Crippen LogP contribution is -2.16. The van der Waals surface area contributed by atoms with Crippen LogP contribution in [0.4, 0.5) is 5.82 Å². The third kappa shape index (κ3) is 3.45. The minimum atomic E-state index is 0.426. The number of anilines is 1. The third-order valence-corrected chi connectivity index (χ3v) is 4.24. The summed E-state index contributed by atoms with van der Waals surface area (Å²) < 4.78 is 7.71. The van der Waals surface area contributed by atoms with E-state index in [2.05, 4.69) is 15.3 Å². The number of nitrogens with zero attached hydrogens (tertiary/aromatic N) is 4. The highest BCUT2D eigenvalue weighted by Gasteiger charge is 2.16. The van der Waals surface area contributed by atoms with E-state index in [1.807, 2.05) is 66.3 Å². The first kappa shape index (κ1) is 17.0. The number of rotatable bonds is 6. The van der Waals surface area contributed by atoms with Gasteiger partial charge in [0.2, 0.25) is 0 Å². The minimum Gasteiger partial charge on any atom is -0.457 e. The topological polar surface area (TPSA) is 90.9 Å². The molecular formula is C20H20N6O. The van der Waals surface area contributed by atoms with Crippen molar-refractivity contribution in [3.8, 4) is 22.8 Å². The van der Waals surface area contributed by atoms with Gasteiger partial charge in [-0.2, -0.15) is 5.10 Å². The van der Waals surface area contributed by atoms with Crippen LogP contribution in [0.25, 0.3) is 22.3 Å². The molecule has 2 aromatic carbocycles. The van der Waals surface area contributed by atoms with Crippen LogP contribution in [0, 0.1) is 0 Å². The van der Waals surface area contributed by atoms with Gasteiger partial charge in [0, 0.05) is 12.1 Å². The SMILES string of the molecule is CNCCn1nc(-c2ccc(Oc3ccccc3)cc2)c2c(N)ncnc21. The van der Waals surface area contributed by atoms with Crippen LogP contribution in [0.1, 0.15) is 0 Å². The van der Waals surface area contributed by atoms with Crippen LogP contribution < -0.4 is 15.8 Å². The van der Waals surface area contributed by atoms with Crippen molar-refractivity contribution < 1.29 is 4.74 Å². The standard InChI is InChI=1S/C20H20N6O/c1-22-11-12-26-20-17(19(21)23-13-24-20)18(25-26)14-7-9-16(10-8-14)27-15-5-3-2-4-6-15/h2-10,13,22H,11-12H2,1H3,(H2,21,23,24). The molecule has 0 unspecified atom stereocenters. The molecule has 0 saturated carbocycles. The van der Waals surface area contributed by atoms with E-state index in [4.69, 9.17) is 15.6 Å². The molecule has 4 aromatic rings. The maximum Gasteiger partial charge on any atom is 0.164 e. The molecule has 0 spiro atoms. The van der Waals surface area contributed by atoms with Gasteiger partial charge in [0.25, 0.3) is 0 Å². The van der Waals surface area contributed by atoms with Gasteiger partial charge in [0.05, 0.1) is 11.9 Å². The molecule has 0 aliphatic carbocycles. The van der Waals surface area contributed by atoms with Crippen LogP contribution in [0.3, 0.4) is 0 Å². The van der Waals surface area contributed by atoms with Gasteiger partial charge in [-0.15, -0.1) is 0 Å². The number of benzene rings is 2. The van der Waals surface area contributed by atoms with Crippen molar-refractivity contribution in [1.29, 1.82) is 0 Å². The highest BCUT2D eigenvalue weighted by Crippen LogP contribution is 2.31. The molecule has 0 saturated heterocycles. The van der Waals surface area contributed by atoms with E-state index in [0.717, 1.165) is 40.3 Å².